The molecular formula is C9H11N3O. The molecular weight excluding hydrogens is 166 g/mol. The Balaban J connectivity index is 3.12. The topological polar surface area (TPSA) is 82.9 Å². The van der Waals surface area contributed by atoms with Crippen molar-refractivity contribution in [1.82, 2.24) is 4.98 Å². The van der Waals surface area contributed by atoms with E-state index in [-0.39, 0.29) is 6.54 Å². The third-order valence-corrected chi connectivity index (χ3v) is 1.84. The van der Waals surface area contributed by atoms with Gasteiger partial charge in [-0.25, -0.2) is 0 Å². The van der Waals surface area contributed by atoms with Crippen molar-refractivity contribution in [3.05, 3.63) is 29.1 Å². The molecule has 1 rings (SSSR count). The molecule has 1 heterocycles. The van der Waals surface area contributed by atoms with Gasteiger partial charge in [0.15, 0.2) is 0 Å². The average molecular weight is 177 g/mol. The molecule has 1 atom stereocenters. The van der Waals surface area contributed by atoms with E-state index in [0.717, 1.165) is 0 Å². The highest BCUT2D eigenvalue weighted by atomic mass is 16.3. The second kappa shape index (κ2) is 3.99. The zero-order valence-corrected chi connectivity index (χ0v) is 7.36. The van der Waals surface area contributed by atoms with Gasteiger partial charge in [-0.3, -0.25) is 4.98 Å². The lowest BCUT2D eigenvalue weighted by molar-refractivity contribution is 0.185. The molecule has 0 amide bonds. The summed E-state index contributed by atoms with van der Waals surface area (Å²) in [5.41, 5.74) is 7.07. The van der Waals surface area contributed by atoms with Crippen LogP contribution >= 0.6 is 0 Å². The van der Waals surface area contributed by atoms with Crippen LogP contribution in [0.25, 0.3) is 0 Å². The van der Waals surface area contributed by atoms with Crippen molar-refractivity contribution < 1.29 is 5.11 Å². The van der Waals surface area contributed by atoms with Gasteiger partial charge < -0.3 is 10.8 Å². The van der Waals surface area contributed by atoms with Crippen LogP contribution in [-0.2, 0) is 0 Å². The molecule has 0 aromatic carbocycles. The Hall–Kier alpha value is -1.44. The lowest BCUT2D eigenvalue weighted by atomic mass is 10.1. The predicted molar refractivity (Wildman–Crippen MR) is 47.7 cm³/mol. The Kier molecular flexibility index (Phi) is 2.96. The third kappa shape index (κ3) is 2.02. The highest BCUT2D eigenvalue weighted by molar-refractivity contribution is 5.33. The summed E-state index contributed by atoms with van der Waals surface area (Å²) in [6, 6.07) is 3.57. The van der Waals surface area contributed by atoms with Crippen LogP contribution in [0.1, 0.15) is 22.9 Å². The van der Waals surface area contributed by atoms with E-state index in [0.29, 0.717) is 16.8 Å². The molecule has 0 aliphatic heterocycles. The van der Waals surface area contributed by atoms with Crippen molar-refractivity contribution in [2.75, 3.05) is 6.54 Å². The number of aromatic nitrogens is 1. The molecule has 68 valence electrons. The first-order valence-corrected chi connectivity index (χ1v) is 3.93. The Morgan fingerprint density at radius 1 is 1.77 bits per heavy atom. The highest BCUT2D eigenvalue weighted by Crippen LogP contribution is 2.15. The van der Waals surface area contributed by atoms with Crippen LogP contribution in [0.4, 0.5) is 0 Å². The summed E-state index contributed by atoms with van der Waals surface area (Å²) in [5.74, 6) is 0. The van der Waals surface area contributed by atoms with E-state index in [9.17, 15) is 5.11 Å². The first-order valence-electron chi connectivity index (χ1n) is 3.93. The van der Waals surface area contributed by atoms with Gasteiger partial charge in [-0.05, 0) is 13.0 Å². The van der Waals surface area contributed by atoms with Gasteiger partial charge >= 0.3 is 0 Å². The fraction of sp³-hybridized carbons (Fsp3) is 0.333. The number of pyridine rings is 1. The van der Waals surface area contributed by atoms with Gasteiger partial charge in [0.2, 0.25) is 0 Å². The standard InChI is InChI=1S/C9H11N3O/c1-6-8(9(13)4-11)2-7(3-10)5-12-6/h2,5,9,13H,4,11H2,1H3. The number of rotatable bonds is 2. The van der Waals surface area contributed by atoms with Crippen LogP contribution in [-0.4, -0.2) is 16.6 Å². The highest BCUT2D eigenvalue weighted by Gasteiger charge is 2.09. The molecule has 3 N–H and O–H groups in total. The molecule has 1 unspecified atom stereocenters. The fourth-order valence-electron chi connectivity index (χ4n) is 1.08. The quantitative estimate of drug-likeness (QED) is 0.678. The molecule has 4 nitrogen and oxygen atoms in total. The Morgan fingerprint density at radius 2 is 2.46 bits per heavy atom. The van der Waals surface area contributed by atoms with Crippen LogP contribution in [0.3, 0.4) is 0 Å². The maximum absolute atomic E-state index is 9.46. The monoisotopic (exact) mass is 177 g/mol. The normalized spacial score (nSPS) is 12.2. The van der Waals surface area contributed by atoms with E-state index in [2.05, 4.69) is 4.98 Å². The lowest BCUT2D eigenvalue weighted by Crippen LogP contribution is -2.13. The molecule has 1 aromatic heterocycles. The number of hydrogen-bond donors (Lipinski definition) is 2. The largest absolute Gasteiger partial charge is 0.387 e. The average Bonchev–Trinajstić information content (AvgIpc) is 2.17. The number of nitrogens with two attached hydrogens (primary N) is 1. The maximum Gasteiger partial charge on any atom is 0.101 e. The Bertz CT molecular complexity index is 343. The van der Waals surface area contributed by atoms with Crippen molar-refractivity contribution in [2.45, 2.75) is 13.0 Å². The van der Waals surface area contributed by atoms with E-state index in [1.807, 2.05) is 6.07 Å². The van der Waals surface area contributed by atoms with Crippen LogP contribution in [0, 0.1) is 18.3 Å². The van der Waals surface area contributed by atoms with E-state index in [1.54, 1.807) is 13.0 Å². The summed E-state index contributed by atoms with van der Waals surface area (Å²) in [7, 11) is 0. The minimum Gasteiger partial charge on any atom is -0.387 e. The summed E-state index contributed by atoms with van der Waals surface area (Å²) in [5, 5.41) is 18.1. The molecule has 0 aliphatic rings. The Morgan fingerprint density at radius 3 is 3.00 bits per heavy atom. The van der Waals surface area contributed by atoms with E-state index in [4.69, 9.17) is 11.0 Å². The lowest BCUT2D eigenvalue weighted by Gasteiger charge is -2.10. The minimum absolute atomic E-state index is 0.136. The molecule has 1 aromatic rings. The van der Waals surface area contributed by atoms with Gasteiger partial charge in [-0.2, -0.15) is 5.26 Å². The zero-order valence-electron chi connectivity index (χ0n) is 7.36. The molecule has 0 saturated heterocycles. The van der Waals surface area contributed by atoms with Gasteiger partial charge in [0, 0.05) is 24.0 Å². The van der Waals surface area contributed by atoms with E-state index in [1.165, 1.54) is 6.20 Å². The van der Waals surface area contributed by atoms with Crippen molar-refractivity contribution in [3.8, 4) is 6.07 Å². The summed E-state index contributed by atoms with van der Waals surface area (Å²) in [6.07, 6.45) is 0.739. The van der Waals surface area contributed by atoms with Crippen molar-refractivity contribution in [3.63, 3.8) is 0 Å². The number of aliphatic hydroxyl groups excluding tert-OH is 1. The van der Waals surface area contributed by atoms with Gasteiger partial charge in [0.25, 0.3) is 0 Å². The number of hydrogen-bond acceptors (Lipinski definition) is 4. The summed E-state index contributed by atoms with van der Waals surface area (Å²) < 4.78 is 0. The second-order valence-corrected chi connectivity index (χ2v) is 2.76. The van der Waals surface area contributed by atoms with Gasteiger partial charge in [0.05, 0.1) is 11.7 Å². The summed E-state index contributed by atoms with van der Waals surface area (Å²) in [4.78, 5) is 3.98. The van der Waals surface area contributed by atoms with Crippen molar-refractivity contribution in [1.29, 1.82) is 5.26 Å². The number of nitriles is 1. The van der Waals surface area contributed by atoms with Gasteiger partial charge in [-0.15, -0.1) is 0 Å². The molecule has 0 aliphatic carbocycles. The van der Waals surface area contributed by atoms with Gasteiger partial charge in [-0.1, -0.05) is 0 Å². The molecule has 0 fully saturated rings. The number of aryl methyl sites for hydroxylation is 1. The minimum atomic E-state index is -0.735. The number of nitrogens with zero attached hydrogens (tertiary/aromatic N) is 2. The zero-order chi connectivity index (χ0) is 9.84. The first kappa shape index (κ1) is 9.65. The van der Waals surface area contributed by atoms with E-state index < -0.39 is 6.10 Å². The molecule has 0 bridgehead atoms. The maximum atomic E-state index is 9.46. The SMILES string of the molecule is Cc1ncc(C#N)cc1C(O)CN. The smallest absolute Gasteiger partial charge is 0.101 e. The first-order chi connectivity index (χ1) is 6.19. The predicted octanol–water partition coefficient (Wildman–Crippen LogP) is 0.254. The molecule has 0 saturated carbocycles. The van der Waals surface area contributed by atoms with Crippen molar-refractivity contribution in [2.24, 2.45) is 5.73 Å². The third-order valence-electron chi connectivity index (χ3n) is 1.84. The van der Waals surface area contributed by atoms with Crippen molar-refractivity contribution >= 4 is 0 Å². The summed E-state index contributed by atoms with van der Waals surface area (Å²) in [6.45, 7) is 1.91. The van der Waals surface area contributed by atoms with E-state index >= 15 is 0 Å². The van der Waals surface area contributed by atoms with Crippen LogP contribution in [0.15, 0.2) is 12.3 Å². The number of aliphatic hydroxyl groups is 1. The van der Waals surface area contributed by atoms with Crippen LogP contribution < -0.4 is 5.73 Å². The molecule has 0 radical (unpaired) electrons. The van der Waals surface area contributed by atoms with Gasteiger partial charge in [0.1, 0.15) is 6.07 Å². The second-order valence-electron chi connectivity index (χ2n) is 2.76. The van der Waals surface area contributed by atoms with Crippen LogP contribution in [0.2, 0.25) is 0 Å². The molecule has 4 heteroatoms. The molecule has 0 spiro atoms. The Labute approximate surface area is 76.6 Å². The molecule has 13 heavy (non-hydrogen) atoms. The van der Waals surface area contributed by atoms with Crippen LogP contribution in [0.5, 0.6) is 0 Å². The fourth-order valence-corrected chi connectivity index (χ4v) is 1.08. The summed E-state index contributed by atoms with van der Waals surface area (Å²) >= 11 is 0.